The Labute approximate surface area is 112 Å². The van der Waals surface area contributed by atoms with Crippen LogP contribution in [0.25, 0.3) is 0 Å². The second kappa shape index (κ2) is 6.20. The monoisotopic (exact) mass is 265 g/mol. The number of rotatable bonds is 5. The zero-order valence-electron chi connectivity index (χ0n) is 9.77. The molecule has 1 N–H and O–H groups in total. The van der Waals surface area contributed by atoms with Crippen molar-refractivity contribution in [1.82, 2.24) is 4.84 Å². The summed E-state index contributed by atoms with van der Waals surface area (Å²) in [7, 11) is 0. The highest BCUT2D eigenvalue weighted by Crippen LogP contribution is 2.26. The van der Waals surface area contributed by atoms with Crippen molar-refractivity contribution < 1.29 is 0 Å². The molecule has 0 aliphatic carbocycles. The van der Waals surface area contributed by atoms with Crippen LogP contribution < -0.4 is 4.84 Å². The first kappa shape index (κ1) is 12.6. The van der Waals surface area contributed by atoms with Crippen LogP contribution in [0, 0.1) is 0 Å². The van der Waals surface area contributed by atoms with Crippen molar-refractivity contribution in [2.45, 2.75) is 25.3 Å². The third-order valence-electron chi connectivity index (χ3n) is 3.03. The van der Waals surface area contributed by atoms with Gasteiger partial charge in [-0.25, -0.2) is 4.84 Å². The second-order valence-electron chi connectivity index (χ2n) is 4.21. The third-order valence-corrected chi connectivity index (χ3v) is 4.39. The van der Waals surface area contributed by atoms with Gasteiger partial charge in [0.2, 0.25) is 0 Å². The Morgan fingerprint density at radius 1 is 1.18 bits per heavy atom. The molecule has 17 heavy (non-hydrogen) atoms. The highest BCUT2D eigenvalue weighted by Gasteiger charge is 2.19. The minimum atomic E-state index is 0.262. The average Bonchev–Trinajstić information content (AvgIpc) is 2.90. The minimum absolute atomic E-state index is 0.262. The van der Waals surface area contributed by atoms with Gasteiger partial charge >= 0.3 is 0 Å². The van der Waals surface area contributed by atoms with E-state index in [4.69, 9.17) is 11.8 Å². The molecule has 1 aromatic heterocycles. The summed E-state index contributed by atoms with van der Waals surface area (Å²) in [5.74, 6) is 0.424. The van der Waals surface area contributed by atoms with E-state index in [2.05, 4.69) is 53.5 Å². The Morgan fingerprint density at radius 2 is 1.94 bits per heavy atom. The normalized spacial score (nSPS) is 14.5. The molecule has 2 atom stereocenters. The molecule has 0 aliphatic rings. The Kier molecular flexibility index (Phi) is 4.60. The molecule has 0 fully saturated rings. The van der Waals surface area contributed by atoms with Crippen molar-refractivity contribution in [3.8, 4) is 0 Å². The van der Waals surface area contributed by atoms with Gasteiger partial charge in [0.25, 0.3) is 0 Å². The summed E-state index contributed by atoms with van der Waals surface area (Å²) in [6.45, 7) is 2.22. The third kappa shape index (κ3) is 3.32. The van der Waals surface area contributed by atoms with Gasteiger partial charge in [0, 0.05) is 16.8 Å². The molecule has 0 spiro atoms. The van der Waals surface area contributed by atoms with Gasteiger partial charge in [-0.2, -0.15) is 0 Å². The summed E-state index contributed by atoms with van der Waals surface area (Å²) in [6.07, 6.45) is 0.948. The molecule has 0 bridgehead atoms. The molecule has 0 aliphatic heterocycles. The number of nitrogens with one attached hydrogen (secondary N) is 1. The minimum Gasteiger partial charge on any atom is -0.229 e. The van der Waals surface area contributed by atoms with Crippen LogP contribution in [0.15, 0.2) is 47.8 Å². The van der Waals surface area contributed by atoms with E-state index in [9.17, 15) is 0 Å². The van der Waals surface area contributed by atoms with Crippen LogP contribution in [0.1, 0.15) is 23.3 Å². The zero-order valence-corrected chi connectivity index (χ0v) is 11.3. The molecule has 0 saturated carbocycles. The van der Waals surface area contributed by atoms with Crippen molar-refractivity contribution in [3.05, 3.63) is 58.3 Å². The lowest BCUT2D eigenvalue weighted by atomic mass is 9.94. The molecule has 1 heterocycles. The fourth-order valence-corrected chi connectivity index (χ4v) is 3.04. The number of benzene rings is 1. The molecule has 0 amide bonds. The van der Waals surface area contributed by atoms with Crippen molar-refractivity contribution >= 4 is 23.1 Å². The molecule has 2 unspecified atom stereocenters. The maximum absolute atomic E-state index is 5.88. The van der Waals surface area contributed by atoms with Crippen LogP contribution in [-0.4, -0.2) is 6.04 Å². The van der Waals surface area contributed by atoms with Crippen LogP contribution in [0.3, 0.4) is 0 Å². The van der Waals surface area contributed by atoms with Gasteiger partial charge in [0.1, 0.15) is 0 Å². The Hall–Kier alpha value is -0.830. The number of halogens is 1. The van der Waals surface area contributed by atoms with Crippen LogP contribution >= 0.6 is 23.1 Å². The van der Waals surface area contributed by atoms with Crippen LogP contribution in [-0.2, 0) is 6.42 Å². The fraction of sp³-hybridized carbons (Fsp3) is 0.286. The van der Waals surface area contributed by atoms with Crippen LogP contribution in [0.4, 0.5) is 0 Å². The van der Waals surface area contributed by atoms with Gasteiger partial charge in [-0.3, -0.25) is 0 Å². The molecule has 2 rings (SSSR count). The number of hydrogen-bond donors (Lipinski definition) is 1. The summed E-state index contributed by atoms with van der Waals surface area (Å²) in [6, 6.07) is 15.0. The molecule has 2 aromatic rings. The smallest absolute Gasteiger partial charge is 0.0335 e. The summed E-state index contributed by atoms with van der Waals surface area (Å²) in [5, 5.41) is 2.11. The highest BCUT2D eigenvalue weighted by atomic mass is 35.5. The Balaban J connectivity index is 2.07. The van der Waals surface area contributed by atoms with E-state index < -0.39 is 0 Å². The molecule has 90 valence electrons. The van der Waals surface area contributed by atoms with Gasteiger partial charge in [0.05, 0.1) is 0 Å². The molecule has 1 aromatic carbocycles. The topological polar surface area (TPSA) is 12.0 Å². The largest absolute Gasteiger partial charge is 0.229 e. The number of hydrogen-bond acceptors (Lipinski definition) is 2. The van der Waals surface area contributed by atoms with E-state index >= 15 is 0 Å². The Morgan fingerprint density at radius 3 is 2.53 bits per heavy atom. The standard InChI is InChI=1S/C14H16ClNS/c1-11(14-8-5-9-17-14)13(16-15)10-12-6-3-2-4-7-12/h2-9,11,13,16H,10H2,1H3. The van der Waals surface area contributed by atoms with Gasteiger partial charge in [0.15, 0.2) is 0 Å². The van der Waals surface area contributed by atoms with Gasteiger partial charge in [-0.15, -0.1) is 11.3 Å². The van der Waals surface area contributed by atoms with Crippen LogP contribution in [0.5, 0.6) is 0 Å². The van der Waals surface area contributed by atoms with Crippen molar-refractivity contribution in [2.75, 3.05) is 0 Å². The lowest BCUT2D eigenvalue weighted by Gasteiger charge is -2.21. The van der Waals surface area contributed by atoms with E-state index in [1.165, 1.54) is 10.4 Å². The zero-order chi connectivity index (χ0) is 12.1. The Bertz CT molecular complexity index is 427. The van der Waals surface area contributed by atoms with E-state index in [-0.39, 0.29) is 6.04 Å². The number of thiophene rings is 1. The first-order valence-corrected chi connectivity index (χ1v) is 7.00. The SMILES string of the molecule is CC(c1cccs1)C(Cc1ccccc1)NCl. The van der Waals surface area contributed by atoms with Gasteiger partial charge in [-0.1, -0.05) is 43.3 Å². The average molecular weight is 266 g/mol. The van der Waals surface area contributed by atoms with Gasteiger partial charge < -0.3 is 0 Å². The first-order chi connectivity index (χ1) is 8.31. The summed E-state index contributed by atoms with van der Waals surface area (Å²) < 4.78 is 0. The molecule has 1 nitrogen and oxygen atoms in total. The molecule has 0 saturated heterocycles. The lowest BCUT2D eigenvalue weighted by Crippen LogP contribution is -2.29. The maximum Gasteiger partial charge on any atom is 0.0335 e. The van der Waals surface area contributed by atoms with E-state index in [0.717, 1.165) is 6.42 Å². The summed E-state index contributed by atoms with van der Waals surface area (Å²) in [5.41, 5.74) is 1.31. The van der Waals surface area contributed by atoms with Crippen molar-refractivity contribution in [2.24, 2.45) is 0 Å². The van der Waals surface area contributed by atoms with E-state index in [1.807, 2.05) is 6.07 Å². The summed E-state index contributed by atoms with van der Waals surface area (Å²) in [4.78, 5) is 4.29. The first-order valence-electron chi connectivity index (χ1n) is 5.74. The lowest BCUT2D eigenvalue weighted by molar-refractivity contribution is 0.534. The second-order valence-corrected chi connectivity index (χ2v) is 5.41. The maximum atomic E-state index is 5.88. The fourth-order valence-electron chi connectivity index (χ4n) is 1.93. The quantitative estimate of drug-likeness (QED) is 0.799. The summed E-state index contributed by atoms with van der Waals surface area (Å²) >= 11 is 7.67. The van der Waals surface area contributed by atoms with Crippen molar-refractivity contribution in [3.63, 3.8) is 0 Å². The molecule has 3 heteroatoms. The van der Waals surface area contributed by atoms with Crippen molar-refractivity contribution in [1.29, 1.82) is 0 Å². The molecule has 0 radical (unpaired) electrons. The predicted octanol–water partition coefficient (Wildman–Crippen LogP) is 4.21. The molecular weight excluding hydrogens is 250 g/mol. The predicted molar refractivity (Wildman–Crippen MR) is 75.7 cm³/mol. The molecular formula is C14H16ClNS. The van der Waals surface area contributed by atoms with Gasteiger partial charge in [-0.05, 0) is 35.2 Å². The van der Waals surface area contributed by atoms with Crippen LogP contribution in [0.2, 0.25) is 0 Å². The van der Waals surface area contributed by atoms with E-state index in [1.54, 1.807) is 11.3 Å². The highest BCUT2D eigenvalue weighted by molar-refractivity contribution is 7.10. The van der Waals surface area contributed by atoms with E-state index in [0.29, 0.717) is 5.92 Å².